The van der Waals surface area contributed by atoms with E-state index in [0.29, 0.717) is 18.2 Å². The van der Waals surface area contributed by atoms with E-state index in [2.05, 4.69) is 10.4 Å². The Kier molecular flexibility index (Phi) is 5.43. The highest BCUT2D eigenvalue weighted by molar-refractivity contribution is 6.31. The van der Waals surface area contributed by atoms with Gasteiger partial charge in [0.1, 0.15) is 0 Å². The molecule has 2 rings (SSSR count). The molecule has 0 bridgehead atoms. The normalized spacial score (nSPS) is 19.4. The molecule has 1 aromatic rings. The summed E-state index contributed by atoms with van der Waals surface area (Å²) in [4.78, 5) is 0. The van der Waals surface area contributed by atoms with E-state index in [9.17, 15) is 0 Å². The zero-order chi connectivity index (χ0) is 14.6. The van der Waals surface area contributed by atoms with Gasteiger partial charge >= 0.3 is 0 Å². The van der Waals surface area contributed by atoms with Gasteiger partial charge in [0, 0.05) is 14.2 Å². The second kappa shape index (κ2) is 6.89. The molecule has 0 aliphatic heterocycles. The maximum atomic E-state index is 6.38. The average molecular weight is 302 g/mol. The molecule has 0 amide bonds. The fraction of sp³-hybridized carbons (Fsp3) is 0.786. The number of halogens is 1. The van der Waals surface area contributed by atoms with Crippen molar-refractivity contribution in [2.75, 3.05) is 27.9 Å². The number of nitrogens with one attached hydrogen (secondary N) is 1. The summed E-state index contributed by atoms with van der Waals surface area (Å²) in [7, 11) is 5.43. The van der Waals surface area contributed by atoms with Crippen LogP contribution in [0, 0.1) is 0 Å². The molecule has 6 heteroatoms. The summed E-state index contributed by atoms with van der Waals surface area (Å²) >= 11 is 6.38. The van der Waals surface area contributed by atoms with Gasteiger partial charge in [0.25, 0.3) is 0 Å². The lowest BCUT2D eigenvalue weighted by atomic mass is 9.89. The lowest BCUT2D eigenvalue weighted by Crippen LogP contribution is -2.43. The number of methoxy groups -OCH3 is 2. The van der Waals surface area contributed by atoms with Crippen molar-refractivity contribution in [1.82, 2.24) is 15.1 Å². The standard InChI is InChI=1S/C14H24ClN3O2/c1-16-13(14(20-3)6-4-5-7-14)12-11(15)10-17-18(12)8-9-19-2/h10,13,16H,4-9H2,1-3H3. The quantitative estimate of drug-likeness (QED) is 0.840. The number of rotatable bonds is 7. The Morgan fingerprint density at radius 1 is 1.45 bits per heavy atom. The number of aromatic nitrogens is 2. The molecule has 0 saturated heterocycles. The van der Waals surface area contributed by atoms with Crippen molar-refractivity contribution in [2.24, 2.45) is 0 Å². The van der Waals surface area contributed by atoms with Crippen LogP contribution in [0.4, 0.5) is 0 Å². The number of hydrogen-bond donors (Lipinski definition) is 1. The third-order valence-corrected chi connectivity index (χ3v) is 4.58. The summed E-state index contributed by atoms with van der Waals surface area (Å²) < 4.78 is 13.0. The SMILES string of the molecule is CNC(c1c(Cl)cnn1CCOC)C1(OC)CCCC1. The Bertz CT molecular complexity index is 430. The van der Waals surface area contributed by atoms with Crippen LogP contribution in [-0.2, 0) is 16.0 Å². The third-order valence-electron chi connectivity index (χ3n) is 4.29. The predicted octanol–water partition coefficient (Wildman–Crippen LogP) is 2.40. The highest BCUT2D eigenvalue weighted by Gasteiger charge is 2.44. The van der Waals surface area contributed by atoms with Gasteiger partial charge in [-0.1, -0.05) is 24.4 Å². The topological polar surface area (TPSA) is 48.3 Å². The second-order valence-electron chi connectivity index (χ2n) is 5.29. The minimum absolute atomic E-state index is 0.0434. The van der Waals surface area contributed by atoms with Gasteiger partial charge in [-0.3, -0.25) is 4.68 Å². The van der Waals surface area contributed by atoms with Crippen molar-refractivity contribution >= 4 is 11.6 Å². The van der Waals surface area contributed by atoms with Crippen molar-refractivity contribution in [2.45, 2.75) is 43.9 Å². The summed E-state index contributed by atoms with van der Waals surface area (Å²) in [5, 5.41) is 8.44. The summed E-state index contributed by atoms with van der Waals surface area (Å²) in [6, 6.07) is 0.0434. The maximum absolute atomic E-state index is 6.38. The first-order chi connectivity index (χ1) is 9.68. The summed E-state index contributed by atoms with van der Waals surface area (Å²) in [5.41, 5.74) is 0.804. The second-order valence-corrected chi connectivity index (χ2v) is 5.70. The summed E-state index contributed by atoms with van der Waals surface area (Å²) in [6.07, 6.45) is 6.17. The molecule has 1 fully saturated rings. The molecule has 0 aromatic carbocycles. The Morgan fingerprint density at radius 2 is 2.15 bits per heavy atom. The smallest absolute Gasteiger partial charge is 0.0888 e. The Labute approximate surface area is 125 Å². The van der Waals surface area contributed by atoms with E-state index < -0.39 is 0 Å². The first kappa shape index (κ1) is 15.8. The van der Waals surface area contributed by atoms with Crippen LogP contribution in [0.3, 0.4) is 0 Å². The van der Waals surface area contributed by atoms with Gasteiger partial charge in [0.2, 0.25) is 0 Å². The molecule has 1 N–H and O–H groups in total. The Morgan fingerprint density at radius 3 is 2.70 bits per heavy atom. The molecule has 5 nitrogen and oxygen atoms in total. The number of hydrogen-bond acceptors (Lipinski definition) is 4. The molecule has 0 radical (unpaired) electrons. The largest absolute Gasteiger partial charge is 0.383 e. The summed E-state index contributed by atoms with van der Waals surface area (Å²) in [5.74, 6) is 0. The van der Waals surface area contributed by atoms with Crippen LogP contribution < -0.4 is 5.32 Å². The third kappa shape index (κ3) is 2.86. The maximum Gasteiger partial charge on any atom is 0.0888 e. The van der Waals surface area contributed by atoms with Gasteiger partial charge in [-0.05, 0) is 19.9 Å². The molecule has 1 saturated carbocycles. The highest BCUT2D eigenvalue weighted by atomic mass is 35.5. The monoisotopic (exact) mass is 301 g/mol. The fourth-order valence-electron chi connectivity index (χ4n) is 3.25. The van der Waals surface area contributed by atoms with Gasteiger partial charge in [0.05, 0.1) is 41.7 Å². The number of likely N-dealkylation sites (N-methyl/N-ethyl adjacent to an activating group) is 1. The number of ether oxygens (including phenoxy) is 2. The van der Waals surface area contributed by atoms with Crippen LogP contribution in [0.25, 0.3) is 0 Å². The number of nitrogens with zero attached hydrogens (tertiary/aromatic N) is 2. The molecule has 1 aliphatic carbocycles. The average Bonchev–Trinajstić information content (AvgIpc) is 3.07. The molecule has 0 spiro atoms. The molecular weight excluding hydrogens is 278 g/mol. The van der Waals surface area contributed by atoms with Gasteiger partial charge < -0.3 is 14.8 Å². The van der Waals surface area contributed by atoms with Crippen molar-refractivity contribution in [3.05, 3.63) is 16.9 Å². The Balaban J connectivity index is 2.33. The van der Waals surface area contributed by atoms with Gasteiger partial charge in [-0.2, -0.15) is 5.10 Å². The van der Waals surface area contributed by atoms with Crippen molar-refractivity contribution in [3.63, 3.8) is 0 Å². The van der Waals surface area contributed by atoms with E-state index in [1.165, 1.54) is 12.8 Å². The van der Waals surface area contributed by atoms with E-state index in [1.54, 1.807) is 20.4 Å². The van der Waals surface area contributed by atoms with E-state index in [-0.39, 0.29) is 11.6 Å². The molecule has 114 valence electrons. The van der Waals surface area contributed by atoms with Crippen LogP contribution in [0.2, 0.25) is 5.02 Å². The molecule has 1 aliphatic rings. The van der Waals surface area contributed by atoms with Gasteiger partial charge in [-0.25, -0.2) is 0 Å². The van der Waals surface area contributed by atoms with E-state index in [1.807, 2.05) is 11.7 Å². The zero-order valence-corrected chi connectivity index (χ0v) is 13.2. The van der Waals surface area contributed by atoms with Gasteiger partial charge in [0.15, 0.2) is 0 Å². The van der Waals surface area contributed by atoms with E-state index in [0.717, 1.165) is 18.5 Å². The molecule has 1 heterocycles. The first-order valence-electron chi connectivity index (χ1n) is 7.11. The minimum Gasteiger partial charge on any atom is -0.383 e. The van der Waals surface area contributed by atoms with Crippen LogP contribution in [0.5, 0.6) is 0 Å². The lowest BCUT2D eigenvalue weighted by Gasteiger charge is -2.36. The predicted molar refractivity (Wildman–Crippen MR) is 79.1 cm³/mol. The lowest BCUT2D eigenvalue weighted by molar-refractivity contribution is -0.0372. The van der Waals surface area contributed by atoms with Crippen LogP contribution in [0.15, 0.2) is 6.20 Å². The minimum atomic E-state index is -0.191. The van der Waals surface area contributed by atoms with Crippen molar-refractivity contribution in [1.29, 1.82) is 0 Å². The summed E-state index contributed by atoms with van der Waals surface area (Å²) in [6.45, 7) is 1.30. The van der Waals surface area contributed by atoms with Crippen LogP contribution >= 0.6 is 11.6 Å². The van der Waals surface area contributed by atoms with Crippen LogP contribution in [-0.4, -0.2) is 43.3 Å². The van der Waals surface area contributed by atoms with Gasteiger partial charge in [-0.15, -0.1) is 0 Å². The molecule has 1 unspecified atom stereocenters. The Hall–Kier alpha value is -0.620. The van der Waals surface area contributed by atoms with Crippen molar-refractivity contribution < 1.29 is 9.47 Å². The fourth-order valence-corrected chi connectivity index (χ4v) is 3.50. The zero-order valence-electron chi connectivity index (χ0n) is 12.5. The first-order valence-corrected chi connectivity index (χ1v) is 7.49. The van der Waals surface area contributed by atoms with E-state index in [4.69, 9.17) is 21.1 Å². The molecule has 20 heavy (non-hydrogen) atoms. The van der Waals surface area contributed by atoms with Crippen LogP contribution in [0.1, 0.15) is 37.4 Å². The van der Waals surface area contributed by atoms with Crippen molar-refractivity contribution in [3.8, 4) is 0 Å². The highest BCUT2D eigenvalue weighted by Crippen LogP contribution is 2.43. The molecule has 1 aromatic heterocycles. The molecular formula is C14H24ClN3O2. The molecule has 1 atom stereocenters. The van der Waals surface area contributed by atoms with E-state index >= 15 is 0 Å².